The summed E-state index contributed by atoms with van der Waals surface area (Å²) >= 11 is 0. The number of fused-ring (bicyclic) bond motifs is 1. The number of halogens is 3. The van der Waals surface area contributed by atoms with Gasteiger partial charge in [-0.3, -0.25) is 9.78 Å². The third-order valence-corrected chi connectivity index (χ3v) is 4.79. The van der Waals surface area contributed by atoms with Crippen molar-refractivity contribution in [1.29, 1.82) is 0 Å². The van der Waals surface area contributed by atoms with E-state index in [0.29, 0.717) is 5.69 Å². The monoisotopic (exact) mass is 456 g/mol. The number of benzene rings is 1. The first-order valence-electron chi connectivity index (χ1n) is 9.88. The molecule has 1 amide bonds. The van der Waals surface area contributed by atoms with E-state index in [1.54, 1.807) is 12.3 Å². The molecule has 0 fully saturated rings. The average Bonchev–Trinajstić information content (AvgIpc) is 3.16. The van der Waals surface area contributed by atoms with E-state index in [0.717, 1.165) is 34.3 Å². The van der Waals surface area contributed by atoms with Crippen LogP contribution in [0.5, 0.6) is 5.75 Å². The summed E-state index contributed by atoms with van der Waals surface area (Å²) < 4.78 is 41.9. The second-order valence-corrected chi connectivity index (χ2v) is 7.52. The molecule has 0 bridgehead atoms. The van der Waals surface area contributed by atoms with E-state index in [-0.39, 0.29) is 23.1 Å². The molecule has 0 unspecified atom stereocenters. The van der Waals surface area contributed by atoms with Gasteiger partial charge in [-0.15, -0.1) is 13.2 Å². The number of aromatic amines is 1. The van der Waals surface area contributed by atoms with E-state index in [1.165, 1.54) is 12.3 Å². The Hall–Kier alpha value is -4.15. The van der Waals surface area contributed by atoms with Gasteiger partial charge in [0, 0.05) is 46.9 Å². The van der Waals surface area contributed by atoms with Crippen LogP contribution in [0.1, 0.15) is 35.8 Å². The van der Waals surface area contributed by atoms with Gasteiger partial charge in [0.25, 0.3) is 0 Å². The van der Waals surface area contributed by atoms with Crippen LogP contribution in [0.15, 0.2) is 48.9 Å². The second kappa shape index (κ2) is 8.41. The number of H-pyrrole nitrogens is 1. The van der Waals surface area contributed by atoms with Crippen LogP contribution in [-0.2, 0) is 0 Å². The Morgan fingerprint density at radius 1 is 1.15 bits per heavy atom. The van der Waals surface area contributed by atoms with Crippen molar-refractivity contribution in [3.63, 3.8) is 0 Å². The lowest BCUT2D eigenvalue weighted by atomic mass is 10.1. The minimum absolute atomic E-state index is 0.105. The van der Waals surface area contributed by atoms with Crippen molar-refractivity contribution in [2.45, 2.75) is 26.1 Å². The smallest absolute Gasteiger partial charge is 0.406 e. The number of amides is 1. The highest BCUT2D eigenvalue weighted by molar-refractivity contribution is 5.96. The molecule has 33 heavy (non-hydrogen) atoms. The molecule has 11 heteroatoms. The van der Waals surface area contributed by atoms with Crippen LogP contribution in [-0.4, -0.2) is 32.2 Å². The highest BCUT2D eigenvalue weighted by Gasteiger charge is 2.31. The Morgan fingerprint density at radius 2 is 1.91 bits per heavy atom. The third kappa shape index (κ3) is 4.86. The Balaban J connectivity index is 1.69. The molecule has 4 rings (SSSR count). The van der Waals surface area contributed by atoms with Crippen LogP contribution in [0.3, 0.4) is 0 Å². The van der Waals surface area contributed by atoms with Gasteiger partial charge in [0.15, 0.2) is 0 Å². The van der Waals surface area contributed by atoms with Gasteiger partial charge in [-0.25, -0.2) is 9.97 Å². The summed E-state index contributed by atoms with van der Waals surface area (Å²) in [5.41, 5.74) is 8.40. The number of nitrogens with one attached hydrogen (secondary N) is 2. The SMILES string of the molecule is CC(C)c1nccc2c(-c3ccnc(Nc4cc(OC(F)(F)F)cc(C(N)=O)c4)n3)c[nH]c12. The molecule has 3 heterocycles. The normalized spacial score (nSPS) is 11.7. The zero-order chi connectivity index (χ0) is 23.8. The number of hydrogen-bond acceptors (Lipinski definition) is 6. The van der Waals surface area contributed by atoms with Crippen molar-refractivity contribution in [3.8, 4) is 17.0 Å². The van der Waals surface area contributed by atoms with Crippen LogP contribution in [0.25, 0.3) is 22.2 Å². The summed E-state index contributed by atoms with van der Waals surface area (Å²) in [6.07, 6.45) is 0.127. The molecule has 0 aliphatic rings. The summed E-state index contributed by atoms with van der Waals surface area (Å²) in [5, 5.41) is 3.73. The molecule has 0 saturated carbocycles. The third-order valence-electron chi connectivity index (χ3n) is 4.79. The molecule has 0 atom stereocenters. The zero-order valence-corrected chi connectivity index (χ0v) is 17.6. The number of alkyl halides is 3. The Morgan fingerprint density at radius 3 is 2.61 bits per heavy atom. The number of rotatable bonds is 6. The van der Waals surface area contributed by atoms with Crippen molar-refractivity contribution in [2.75, 3.05) is 5.32 Å². The van der Waals surface area contributed by atoms with Crippen molar-refractivity contribution >= 4 is 28.4 Å². The highest BCUT2D eigenvalue weighted by Crippen LogP contribution is 2.32. The van der Waals surface area contributed by atoms with Crippen molar-refractivity contribution < 1.29 is 22.7 Å². The highest BCUT2D eigenvalue weighted by atomic mass is 19.4. The van der Waals surface area contributed by atoms with Crippen LogP contribution < -0.4 is 15.8 Å². The zero-order valence-electron chi connectivity index (χ0n) is 17.6. The molecule has 0 aliphatic heterocycles. The number of primary amides is 1. The van der Waals surface area contributed by atoms with Gasteiger partial charge in [-0.05, 0) is 30.2 Å². The minimum Gasteiger partial charge on any atom is -0.406 e. The molecular formula is C22H19F3N6O2. The number of anilines is 2. The molecule has 8 nitrogen and oxygen atoms in total. The van der Waals surface area contributed by atoms with Crippen LogP contribution >= 0.6 is 0 Å². The molecule has 0 saturated heterocycles. The maximum absolute atomic E-state index is 12.7. The van der Waals surface area contributed by atoms with E-state index in [9.17, 15) is 18.0 Å². The van der Waals surface area contributed by atoms with Gasteiger partial charge < -0.3 is 20.8 Å². The van der Waals surface area contributed by atoms with Gasteiger partial charge in [-0.1, -0.05) is 13.8 Å². The summed E-state index contributed by atoms with van der Waals surface area (Å²) in [6.45, 7) is 4.10. The van der Waals surface area contributed by atoms with Crippen LogP contribution in [0.4, 0.5) is 24.8 Å². The molecule has 4 N–H and O–H groups in total. The maximum Gasteiger partial charge on any atom is 0.573 e. The van der Waals surface area contributed by atoms with E-state index in [2.05, 4.69) is 30.0 Å². The number of carbonyl (C=O) groups is 1. The number of carbonyl (C=O) groups excluding carboxylic acids is 1. The predicted molar refractivity (Wildman–Crippen MR) is 116 cm³/mol. The number of nitrogens with two attached hydrogens (primary N) is 1. The van der Waals surface area contributed by atoms with Crippen molar-refractivity contribution in [1.82, 2.24) is 19.9 Å². The predicted octanol–water partition coefficient (Wildman–Crippen LogP) is 4.88. The van der Waals surface area contributed by atoms with Crippen molar-refractivity contribution in [3.05, 3.63) is 60.2 Å². The topological polar surface area (TPSA) is 119 Å². The van der Waals surface area contributed by atoms with Crippen LogP contribution in [0.2, 0.25) is 0 Å². The van der Waals surface area contributed by atoms with Gasteiger partial charge in [0.1, 0.15) is 5.75 Å². The lowest BCUT2D eigenvalue weighted by Crippen LogP contribution is -2.18. The molecule has 0 radical (unpaired) electrons. The Labute approximate surface area is 186 Å². The lowest BCUT2D eigenvalue weighted by molar-refractivity contribution is -0.274. The fourth-order valence-corrected chi connectivity index (χ4v) is 3.43. The quantitative estimate of drug-likeness (QED) is 0.380. The van der Waals surface area contributed by atoms with Crippen molar-refractivity contribution in [2.24, 2.45) is 5.73 Å². The summed E-state index contributed by atoms with van der Waals surface area (Å²) in [4.78, 5) is 27.8. The lowest BCUT2D eigenvalue weighted by Gasteiger charge is -2.12. The standard InChI is InChI=1S/C22H19F3N6O2/c1-11(2)18-19-15(3-5-27-18)16(10-29-19)17-4-6-28-21(31-17)30-13-7-12(20(26)32)8-14(9-13)33-22(23,24)25/h3-11,29H,1-2H3,(H2,26,32)(H,28,30,31). The molecule has 4 aromatic rings. The maximum atomic E-state index is 12.7. The van der Waals surface area contributed by atoms with E-state index < -0.39 is 18.0 Å². The van der Waals surface area contributed by atoms with Gasteiger partial charge in [0.2, 0.25) is 11.9 Å². The first-order valence-corrected chi connectivity index (χ1v) is 9.88. The number of hydrogen-bond donors (Lipinski definition) is 3. The van der Waals surface area contributed by atoms with E-state index >= 15 is 0 Å². The van der Waals surface area contributed by atoms with Crippen LogP contribution in [0, 0.1) is 0 Å². The number of nitrogens with zero attached hydrogens (tertiary/aromatic N) is 3. The van der Waals surface area contributed by atoms with E-state index in [4.69, 9.17) is 5.73 Å². The fourth-order valence-electron chi connectivity index (χ4n) is 3.43. The molecule has 3 aromatic heterocycles. The molecule has 170 valence electrons. The number of ether oxygens (including phenoxy) is 1. The fraction of sp³-hybridized carbons (Fsp3) is 0.182. The van der Waals surface area contributed by atoms with Gasteiger partial charge in [-0.2, -0.15) is 0 Å². The first-order chi connectivity index (χ1) is 15.6. The first kappa shape index (κ1) is 22.1. The Kier molecular flexibility index (Phi) is 5.62. The summed E-state index contributed by atoms with van der Waals surface area (Å²) in [5.74, 6) is -1.18. The number of aromatic nitrogens is 4. The van der Waals surface area contributed by atoms with Gasteiger partial charge >= 0.3 is 6.36 Å². The molecule has 0 aliphatic carbocycles. The molecular weight excluding hydrogens is 437 g/mol. The second-order valence-electron chi connectivity index (χ2n) is 7.52. The molecule has 1 aromatic carbocycles. The summed E-state index contributed by atoms with van der Waals surface area (Å²) in [6, 6.07) is 6.85. The van der Waals surface area contributed by atoms with E-state index in [1.807, 2.05) is 26.1 Å². The Bertz CT molecular complexity index is 1330. The largest absolute Gasteiger partial charge is 0.573 e. The number of pyridine rings is 1. The van der Waals surface area contributed by atoms with Gasteiger partial charge in [0.05, 0.1) is 16.9 Å². The molecule has 0 spiro atoms. The summed E-state index contributed by atoms with van der Waals surface area (Å²) in [7, 11) is 0. The minimum atomic E-state index is -4.93. The average molecular weight is 456 g/mol.